The van der Waals surface area contributed by atoms with Crippen LogP contribution in [0.25, 0.3) is 0 Å². The van der Waals surface area contributed by atoms with E-state index in [1.807, 2.05) is 0 Å². The molecule has 1 nitrogen and oxygen atoms in total. The van der Waals surface area contributed by atoms with E-state index in [2.05, 4.69) is 30.5 Å². The molecule has 0 aromatic carbocycles. The van der Waals surface area contributed by atoms with Crippen LogP contribution in [0.15, 0.2) is 12.1 Å². The van der Waals surface area contributed by atoms with E-state index in [1.165, 1.54) is 38.5 Å². The summed E-state index contributed by atoms with van der Waals surface area (Å²) in [4.78, 5) is 0. The zero-order valence-electron chi connectivity index (χ0n) is 9.42. The standard InChI is InChI=1S/C13H21N/c1-3-4-7-12-9-10-13-8-5-6-11(2)14(12)13/h9-11H,3-8H2,1-2H3. The third-order valence-electron chi connectivity index (χ3n) is 3.37. The molecule has 0 saturated carbocycles. The van der Waals surface area contributed by atoms with Gasteiger partial charge in [0.05, 0.1) is 0 Å². The van der Waals surface area contributed by atoms with E-state index >= 15 is 0 Å². The maximum atomic E-state index is 2.58. The molecule has 0 aliphatic carbocycles. The molecule has 1 aliphatic rings. The van der Waals surface area contributed by atoms with Crippen molar-refractivity contribution >= 4 is 0 Å². The minimum Gasteiger partial charge on any atom is -0.346 e. The maximum Gasteiger partial charge on any atom is 0.0307 e. The van der Waals surface area contributed by atoms with Gasteiger partial charge in [0, 0.05) is 17.4 Å². The Morgan fingerprint density at radius 3 is 3.07 bits per heavy atom. The van der Waals surface area contributed by atoms with Gasteiger partial charge in [-0.2, -0.15) is 0 Å². The first-order valence-electron chi connectivity index (χ1n) is 6.02. The minimum absolute atomic E-state index is 0.737. The van der Waals surface area contributed by atoms with Crippen LogP contribution in [0.5, 0.6) is 0 Å². The van der Waals surface area contributed by atoms with Crippen LogP contribution in [0.3, 0.4) is 0 Å². The quantitative estimate of drug-likeness (QED) is 0.686. The first kappa shape index (κ1) is 9.82. The SMILES string of the molecule is CCCCc1ccc2n1C(C)CCC2. The molecule has 1 aromatic heterocycles. The van der Waals surface area contributed by atoms with Crippen molar-refractivity contribution in [1.82, 2.24) is 4.57 Å². The lowest BCUT2D eigenvalue weighted by Crippen LogP contribution is -2.16. The zero-order valence-corrected chi connectivity index (χ0v) is 9.42. The molecule has 0 fully saturated rings. The average Bonchev–Trinajstić information content (AvgIpc) is 2.59. The number of aryl methyl sites for hydroxylation is 2. The van der Waals surface area contributed by atoms with Crippen LogP contribution in [0.1, 0.15) is 57.0 Å². The monoisotopic (exact) mass is 191 g/mol. The van der Waals surface area contributed by atoms with Gasteiger partial charge in [-0.25, -0.2) is 0 Å². The number of nitrogens with zero attached hydrogens (tertiary/aromatic N) is 1. The number of hydrogen-bond acceptors (Lipinski definition) is 0. The van der Waals surface area contributed by atoms with Crippen molar-refractivity contribution in [2.75, 3.05) is 0 Å². The average molecular weight is 191 g/mol. The predicted molar refractivity (Wildman–Crippen MR) is 60.7 cm³/mol. The first-order valence-corrected chi connectivity index (χ1v) is 6.02. The van der Waals surface area contributed by atoms with E-state index in [-0.39, 0.29) is 0 Å². The molecule has 0 bridgehead atoms. The number of fused-ring (bicyclic) bond motifs is 1. The predicted octanol–water partition coefficient (Wildman–Crippen LogP) is 3.73. The van der Waals surface area contributed by atoms with E-state index in [9.17, 15) is 0 Å². The van der Waals surface area contributed by atoms with Gasteiger partial charge in [0.2, 0.25) is 0 Å². The van der Waals surface area contributed by atoms with E-state index in [1.54, 1.807) is 11.4 Å². The Morgan fingerprint density at radius 2 is 2.29 bits per heavy atom. The maximum absolute atomic E-state index is 2.58. The summed E-state index contributed by atoms with van der Waals surface area (Å²) in [5.41, 5.74) is 3.13. The summed E-state index contributed by atoms with van der Waals surface area (Å²) in [6.07, 6.45) is 7.92. The van der Waals surface area contributed by atoms with Crippen molar-refractivity contribution in [3.8, 4) is 0 Å². The molecule has 1 aromatic rings. The van der Waals surface area contributed by atoms with E-state index in [0.717, 1.165) is 6.04 Å². The molecular formula is C13H21N. The van der Waals surface area contributed by atoms with Crippen LogP contribution in [0.2, 0.25) is 0 Å². The van der Waals surface area contributed by atoms with Crippen molar-refractivity contribution < 1.29 is 0 Å². The number of hydrogen-bond donors (Lipinski definition) is 0. The van der Waals surface area contributed by atoms with Crippen molar-refractivity contribution in [3.63, 3.8) is 0 Å². The van der Waals surface area contributed by atoms with Crippen LogP contribution < -0.4 is 0 Å². The molecule has 1 heteroatoms. The van der Waals surface area contributed by atoms with E-state index in [4.69, 9.17) is 0 Å². The second-order valence-electron chi connectivity index (χ2n) is 4.53. The van der Waals surface area contributed by atoms with Crippen molar-refractivity contribution in [2.45, 2.75) is 58.4 Å². The highest BCUT2D eigenvalue weighted by Crippen LogP contribution is 2.27. The topological polar surface area (TPSA) is 4.93 Å². The molecule has 1 aliphatic heterocycles. The lowest BCUT2D eigenvalue weighted by molar-refractivity contribution is 0.419. The summed E-state index contributed by atoms with van der Waals surface area (Å²) in [7, 11) is 0. The Kier molecular flexibility index (Phi) is 2.95. The Labute approximate surface area is 87.1 Å². The van der Waals surface area contributed by atoms with Crippen LogP contribution in [-0.2, 0) is 12.8 Å². The lowest BCUT2D eigenvalue weighted by atomic mass is 10.0. The molecule has 0 saturated heterocycles. The van der Waals surface area contributed by atoms with Crippen LogP contribution in [0.4, 0.5) is 0 Å². The molecule has 2 heterocycles. The zero-order chi connectivity index (χ0) is 9.97. The summed E-state index contributed by atoms with van der Waals surface area (Å²) in [5, 5.41) is 0. The summed E-state index contributed by atoms with van der Waals surface area (Å²) >= 11 is 0. The van der Waals surface area contributed by atoms with Gasteiger partial charge in [-0.15, -0.1) is 0 Å². The van der Waals surface area contributed by atoms with Gasteiger partial charge >= 0.3 is 0 Å². The smallest absolute Gasteiger partial charge is 0.0307 e. The van der Waals surface area contributed by atoms with Crippen LogP contribution in [-0.4, -0.2) is 4.57 Å². The number of unbranched alkanes of at least 4 members (excludes halogenated alkanes) is 1. The van der Waals surface area contributed by atoms with Crippen LogP contribution in [0, 0.1) is 0 Å². The normalized spacial score (nSPS) is 20.9. The highest BCUT2D eigenvalue weighted by molar-refractivity contribution is 5.19. The van der Waals surface area contributed by atoms with Gasteiger partial charge in [0.15, 0.2) is 0 Å². The molecule has 0 N–H and O–H groups in total. The molecule has 14 heavy (non-hydrogen) atoms. The Balaban J connectivity index is 2.20. The molecule has 0 spiro atoms. The second kappa shape index (κ2) is 4.20. The highest BCUT2D eigenvalue weighted by atomic mass is 15.0. The fourth-order valence-corrected chi connectivity index (χ4v) is 2.58. The van der Waals surface area contributed by atoms with Gasteiger partial charge in [-0.05, 0) is 51.2 Å². The number of aromatic nitrogens is 1. The number of rotatable bonds is 3. The van der Waals surface area contributed by atoms with Gasteiger partial charge < -0.3 is 4.57 Å². The summed E-state index contributed by atoms with van der Waals surface area (Å²) in [5.74, 6) is 0. The molecule has 0 radical (unpaired) electrons. The minimum atomic E-state index is 0.737. The lowest BCUT2D eigenvalue weighted by Gasteiger charge is -2.25. The van der Waals surface area contributed by atoms with E-state index < -0.39 is 0 Å². The fourth-order valence-electron chi connectivity index (χ4n) is 2.58. The van der Waals surface area contributed by atoms with Gasteiger partial charge in [0.25, 0.3) is 0 Å². The van der Waals surface area contributed by atoms with Gasteiger partial charge in [-0.1, -0.05) is 13.3 Å². The van der Waals surface area contributed by atoms with Gasteiger partial charge in [0.1, 0.15) is 0 Å². The summed E-state index contributed by atoms with van der Waals surface area (Å²) in [6.45, 7) is 4.63. The highest BCUT2D eigenvalue weighted by Gasteiger charge is 2.17. The fraction of sp³-hybridized carbons (Fsp3) is 0.692. The van der Waals surface area contributed by atoms with E-state index in [0.29, 0.717) is 0 Å². The largest absolute Gasteiger partial charge is 0.346 e. The Bertz CT molecular complexity index is 298. The molecular weight excluding hydrogens is 170 g/mol. The van der Waals surface area contributed by atoms with Crippen LogP contribution >= 0.6 is 0 Å². The molecule has 0 amide bonds. The third kappa shape index (κ3) is 1.73. The molecule has 1 unspecified atom stereocenters. The summed E-state index contributed by atoms with van der Waals surface area (Å²) in [6, 6.07) is 5.41. The molecule has 2 rings (SSSR count). The molecule has 1 atom stereocenters. The van der Waals surface area contributed by atoms with Crippen molar-refractivity contribution in [1.29, 1.82) is 0 Å². The van der Waals surface area contributed by atoms with Gasteiger partial charge in [-0.3, -0.25) is 0 Å². The van der Waals surface area contributed by atoms with Crippen molar-refractivity contribution in [3.05, 3.63) is 23.5 Å². The third-order valence-corrected chi connectivity index (χ3v) is 3.37. The van der Waals surface area contributed by atoms with Crippen molar-refractivity contribution in [2.24, 2.45) is 0 Å². The Morgan fingerprint density at radius 1 is 1.43 bits per heavy atom. The first-order chi connectivity index (χ1) is 6.83. The molecule has 78 valence electrons. The summed E-state index contributed by atoms with van der Waals surface area (Å²) < 4.78 is 2.58. The Hall–Kier alpha value is -0.720. The second-order valence-corrected chi connectivity index (χ2v) is 4.53.